The van der Waals surface area contributed by atoms with Crippen molar-refractivity contribution in [2.45, 2.75) is 13.5 Å². The Balaban J connectivity index is 2.23. The van der Waals surface area contributed by atoms with Crippen LogP contribution in [-0.4, -0.2) is 39.2 Å². The summed E-state index contributed by atoms with van der Waals surface area (Å²) in [7, 11) is 1.74. The number of ketones is 2. The van der Waals surface area contributed by atoms with E-state index in [1.165, 1.54) is 6.08 Å². The molecule has 5 heteroatoms. The number of allylic oxidation sites excluding steroid dienone is 2. The fourth-order valence-electron chi connectivity index (χ4n) is 2.50. The highest BCUT2D eigenvalue weighted by Gasteiger charge is 2.37. The Hall–Kier alpha value is -1.88. The first-order valence-corrected chi connectivity index (χ1v) is 5.91. The first kappa shape index (κ1) is 11.2. The fourth-order valence-corrected chi connectivity index (χ4v) is 2.50. The highest BCUT2D eigenvalue weighted by atomic mass is 16.3. The summed E-state index contributed by atoms with van der Waals surface area (Å²) in [5.74, 6) is -0.299. The van der Waals surface area contributed by atoms with Crippen LogP contribution >= 0.6 is 0 Å². The molecule has 0 atom stereocenters. The van der Waals surface area contributed by atoms with Gasteiger partial charge in [0.25, 0.3) is 0 Å². The van der Waals surface area contributed by atoms with Crippen molar-refractivity contribution in [3.8, 4) is 0 Å². The minimum Gasteiger partial charge on any atom is -0.392 e. The lowest BCUT2D eigenvalue weighted by molar-refractivity contribution is 0.0964. The number of Topliss-reactive ketones (excluding diaryl/α,β-unsaturated/α-hetero) is 1. The van der Waals surface area contributed by atoms with Crippen LogP contribution in [0.3, 0.4) is 0 Å². The Morgan fingerprint density at radius 2 is 2.00 bits per heavy atom. The highest BCUT2D eigenvalue weighted by molar-refractivity contribution is 6.24. The molecule has 1 aromatic rings. The maximum Gasteiger partial charge on any atom is 0.211 e. The molecule has 0 saturated carbocycles. The summed E-state index contributed by atoms with van der Waals surface area (Å²) < 4.78 is 1.69. The maximum atomic E-state index is 12.4. The van der Waals surface area contributed by atoms with E-state index in [2.05, 4.69) is 0 Å². The van der Waals surface area contributed by atoms with Crippen molar-refractivity contribution in [1.29, 1.82) is 0 Å². The van der Waals surface area contributed by atoms with E-state index in [4.69, 9.17) is 0 Å². The van der Waals surface area contributed by atoms with Crippen LogP contribution in [-0.2, 0) is 13.7 Å². The normalized spacial score (nSPS) is 17.9. The number of nitrogens with zero attached hydrogens (tertiary/aromatic N) is 2. The Morgan fingerprint density at radius 1 is 1.33 bits per heavy atom. The second kappa shape index (κ2) is 3.55. The van der Waals surface area contributed by atoms with Gasteiger partial charge in [0.05, 0.1) is 17.9 Å². The number of carbonyl (C=O) groups is 2. The van der Waals surface area contributed by atoms with E-state index < -0.39 is 0 Å². The van der Waals surface area contributed by atoms with Crippen LogP contribution in [0.1, 0.15) is 32.1 Å². The van der Waals surface area contributed by atoms with Crippen molar-refractivity contribution in [1.82, 2.24) is 9.47 Å². The molecule has 0 radical (unpaired) electrons. The molecule has 1 aliphatic heterocycles. The van der Waals surface area contributed by atoms with Gasteiger partial charge < -0.3 is 14.6 Å². The molecule has 94 valence electrons. The number of hydrogen-bond acceptors (Lipinski definition) is 4. The molecule has 3 rings (SSSR count). The molecule has 0 amide bonds. The molecular weight excluding hydrogens is 232 g/mol. The number of fused-ring (bicyclic) bond motifs is 1. The minimum atomic E-state index is -0.221. The smallest absolute Gasteiger partial charge is 0.211 e. The van der Waals surface area contributed by atoms with E-state index in [9.17, 15) is 14.7 Å². The van der Waals surface area contributed by atoms with Gasteiger partial charge in [-0.3, -0.25) is 9.59 Å². The largest absolute Gasteiger partial charge is 0.392 e. The Morgan fingerprint density at radius 3 is 2.56 bits per heavy atom. The third kappa shape index (κ3) is 1.31. The summed E-state index contributed by atoms with van der Waals surface area (Å²) in [4.78, 5) is 26.4. The molecule has 0 bridgehead atoms. The van der Waals surface area contributed by atoms with Gasteiger partial charge in [-0.25, -0.2) is 0 Å². The summed E-state index contributed by atoms with van der Waals surface area (Å²) in [5.41, 5.74) is 2.58. The van der Waals surface area contributed by atoms with Gasteiger partial charge in [-0.1, -0.05) is 0 Å². The van der Waals surface area contributed by atoms with E-state index in [1.807, 2.05) is 11.8 Å². The second-order valence-electron chi connectivity index (χ2n) is 4.71. The van der Waals surface area contributed by atoms with Gasteiger partial charge in [0.1, 0.15) is 5.69 Å². The van der Waals surface area contributed by atoms with Gasteiger partial charge in [0, 0.05) is 37.5 Å². The molecule has 18 heavy (non-hydrogen) atoms. The van der Waals surface area contributed by atoms with Crippen LogP contribution in [0.5, 0.6) is 0 Å². The first-order valence-electron chi connectivity index (χ1n) is 5.91. The number of carbonyl (C=O) groups excluding carboxylic acids is 2. The lowest BCUT2D eigenvalue weighted by Gasteiger charge is -2.14. The van der Waals surface area contributed by atoms with Gasteiger partial charge in [0.2, 0.25) is 11.6 Å². The zero-order valence-electron chi connectivity index (χ0n) is 10.4. The standard InChI is InChI=1S/C13H14N2O3/c1-7-8(6-16)11-12(14(7)2)10(17)5-9(13(11)18)15-3-4-15/h5,16H,3-4,6H2,1-2H3. The second-order valence-corrected chi connectivity index (χ2v) is 4.71. The topological polar surface area (TPSA) is 62.3 Å². The fraction of sp³-hybridized carbons (Fsp3) is 0.385. The number of hydrogen-bond donors (Lipinski definition) is 1. The molecule has 1 aromatic heterocycles. The molecule has 2 aliphatic rings. The summed E-state index contributed by atoms with van der Waals surface area (Å²) in [6.07, 6.45) is 1.41. The molecule has 1 saturated heterocycles. The van der Waals surface area contributed by atoms with Crippen LogP contribution in [0.4, 0.5) is 0 Å². The van der Waals surface area contributed by atoms with Crippen molar-refractivity contribution < 1.29 is 14.7 Å². The lowest BCUT2D eigenvalue weighted by atomic mass is 9.95. The van der Waals surface area contributed by atoms with Crippen LogP contribution in [0.2, 0.25) is 0 Å². The third-order valence-corrected chi connectivity index (χ3v) is 3.72. The van der Waals surface area contributed by atoms with Gasteiger partial charge in [-0.15, -0.1) is 0 Å². The molecular formula is C13H14N2O3. The van der Waals surface area contributed by atoms with E-state index in [-0.39, 0.29) is 18.2 Å². The summed E-state index contributed by atoms with van der Waals surface area (Å²) in [6, 6.07) is 0. The van der Waals surface area contributed by atoms with Gasteiger partial charge in [0.15, 0.2) is 0 Å². The molecule has 1 aliphatic carbocycles. The van der Waals surface area contributed by atoms with Crippen LogP contribution in [0, 0.1) is 6.92 Å². The van der Waals surface area contributed by atoms with Gasteiger partial charge >= 0.3 is 0 Å². The van der Waals surface area contributed by atoms with Crippen LogP contribution < -0.4 is 0 Å². The third-order valence-electron chi connectivity index (χ3n) is 3.72. The molecule has 0 aromatic carbocycles. The number of aliphatic hydroxyl groups excluding tert-OH is 1. The molecule has 2 heterocycles. The molecule has 0 spiro atoms. The SMILES string of the molecule is Cc1c(CO)c2c(n1C)C(=O)C=C(N1CC1)C2=O. The Labute approximate surface area is 104 Å². The van der Waals surface area contributed by atoms with Gasteiger partial charge in [-0.05, 0) is 6.92 Å². The Bertz CT molecular complexity index is 606. The number of aliphatic hydroxyl groups is 1. The van der Waals surface area contributed by atoms with E-state index in [0.29, 0.717) is 22.5 Å². The van der Waals surface area contributed by atoms with Crippen molar-refractivity contribution in [2.75, 3.05) is 13.1 Å². The Kier molecular flexibility index (Phi) is 2.22. The summed E-state index contributed by atoms with van der Waals surface area (Å²) in [5, 5.41) is 9.42. The molecule has 5 nitrogen and oxygen atoms in total. The quantitative estimate of drug-likeness (QED) is 0.767. The number of aromatic nitrogens is 1. The van der Waals surface area contributed by atoms with Crippen molar-refractivity contribution in [3.05, 3.63) is 34.3 Å². The van der Waals surface area contributed by atoms with E-state index >= 15 is 0 Å². The van der Waals surface area contributed by atoms with E-state index in [1.54, 1.807) is 11.6 Å². The highest BCUT2D eigenvalue weighted by Crippen LogP contribution is 2.32. The summed E-state index contributed by atoms with van der Waals surface area (Å²) in [6.45, 7) is 3.23. The monoisotopic (exact) mass is 246 g/mol. The van der Waals surface area contributed by atoms with Crippen LogP contribution in [0.25, 0.3) is 0 Å². The zero-order valence-corrected chi connectivity index (χ0v) is 10.4. The average molecular weight is 246 g/mol. The lowest BCUT2D eigenvalue weighted by Crippen LogP contribution is -2.22. The van der Waals surface area contributed by atoms with Crippen molar-refractivity contribution >= 4 is 11.6 Å². The first-order chi connectivity index (χ1) is 8.56. The zero-order chi connectivity index (χ0) is 13.0. The molecule has 0 unspecified atom stereocenters. The molecule has 1 fully saturated rings. The summed E-state index contributed by atoms with van der Waals surface area (Å²) >= 11 is 0. The van der Waals surface area contributed by atoms with Crippen molar-refractivity contribution in [2.24, 2.45) is 7.05 Å². The number of rotatable bonds is 2. The average Bonchev–Trinajstić information content (AvgIpc) is 3.13. The van der Waals surface area contributed by atoms with Gasteiger partial charge in [-0.2, -0.15) is 0 Å². The predicted octanol–water partition coefficient (Wildman–Crippen LogP) is 0.404. The van der Waals surface area contributed by atoms with Crippen LogP contribution in [0.15, 0.2) is 11.8 Å². The minimum absolute atomic E-state index is 0.144. The maximum absolute atomic E-state index is 12.4. The van der Waals surface area contributed by atoms with E-state index in [0.717, 1.165) is 18.8 Å². The molecule has 1 N–H and O–H groups in total. The van der Waals surface area contributed by atoms with Crippen molar-refractivity contribution in [3.63, 3.8) is 0 Å². The predicted molar refractivity (Wildman–Crippen MR) is 64.4 cm³/mol.